The van der Waals surface area contributed by atoms with E-state index in [4.69, 9.17) is 18.6 Å². The molecule has 1 aliphatic rings. The fraction of sp³-hybridized carbons (Fsp3) is 0.241. The Morgan fingerprint density at radius 3 is 2.50 bits per heavy atom. The number of aryl methyl sites for hydroxylation is 2. The predicted molar refractivity (Wildman–Crippen MR) is 134 cm³/mol. The van der Waals surface area contributed by atoms with Crippen molar-refractivity contribution >= 4 is 16.8 Å². The largest absolute Gasteiger partial charge is 0.486 e. The first-order chi connectivity index (χ1) is 17.4. The summed E-state index contributed by atoms with van der Waals surface area (Å²) in [4.78, 5) is 26.1. The molecule has 7 heteroatoms. The number of hydrogen-bond donors (Lipinski definition) is 0. The van der Waals surface area contributed by atoms with Gasteiger partial charge >= 0.3 is 0 Å². The van der Waals surface area contributed by atoms with E-state index in [1.807, 2.05) is 13.0 Å². The maximum Gasteiger partial charge on any atom is 0.200 e. The van der Waals surface area contributed by atoms with Crippen LogP contribution in [0.4, 0.5) is 4.39 Å². The van der Waals surface area contributed by atoms with E-state index in [0.717, 1.165) is 12.0 Å². The molecule has 0 unspecified atom stereocenters. The van der Waals surface area contributed by atoms with Crippen molar-refractivity contribution in [3.05, 3.63) is 87.5 Å². The van der Waals surface area contributed by atoms with Crippen LogP contribution in [0.5, 0.6) is 17.2 Å². The molecule has 2 heterocycles. The number of carbonyl (C=O) groups excluding carboxylic acids is 1. The minimum atomic E-state index is -0.409. The zero-order valence-electron chi connectivity index (χ0n) is 20.1. The minimum absolute atomic E-state index is 0.156. The molecule has 0 saturated carbocycles. The number of halogens is 1. The molecule has 4 aromatic rings. The van der Waals surface area contributed by atoms with Gasteiger partial charge in [-0.1, -0.05) is 19.4 Å². The minimum Gasteiger partial charge on any atom is -0.486 e. The van der Waals surface area contributed by atoms with Gasteiger partial charge < -0.3 is 18.6 Å². The zero-order chi connectivity index (χ0) is 25.2. The van der Waals surface area contributed by atoms with E-state index >= 15 is 0 Å². The molecular weight excluding hydrogens is 463 g/mol. The molecule has 0 N–H and O–H groups in total. The lowest BCUT2D eigenvalue weighted by Crippen LogP contribution is -2.15. The third kappa shape index (κ3) is 4.56. The molecule has 1 aliphatic heterocycles. The van der Waals surface area contributed by atoms with Gasteiger partial charge in [-0.2, -0.15) is 0 Å². The molecule has 1 aromatic heterocycles. The number of carbonyl (C=O) groups is 1. The van der Waals surface area contributed by atoms with Crippen molar-refractivity contribution in [3.8, 4) is 28.4 Å². The molecule has 0 saturated heterocycles. The van der Waals surface area contributed by atoms with Gasteiger partial charge in [0.1, 0.15) is 36.1 Å². The molecule has 0 atom stereocenters. The molecule has 0 aliphatic carbocycles. The highest BCUT2D eigenvalue weighted by Crippen LogP contribution is 2.36. The lowest BCUT2D eigenvalue weighted by molar-refractivity contribution is 0.0921. The number of hydrogen-bond acceptors (Lipinski definition) is 6. The molecule has 5 rings (SSSR count). The summed E-state index contributed by atoms with van der Waals surface area (Å²) in [7, 11) is 0. The lowest BCUT2D eigenvalue weighted by atomic mass is 9.99. The molecule has 184 valence electrons. The van der Waals surface area contributed by atoms with Gasteiger partial charge in [0.15, 0.2) is 23.9 Å². The monoisotopic (exact) mass is 488 g/mol. The van der Waals surface area contributed by atoms with E-state index in [2.05, 4.69) is 0 Å². The van der Waals surface area contributed by atoms with E-state index in [9.17, 15) is 14.0 Å². The van der Waals surface area contributed by atoms with Crippen LogP contribution in [0.15, 0.2) is 63.8 Å². The Morgan fingerprint density at radius 2 is 1.75 bits per heavy atom. The van der Waals surface area contributed by atoms with Gasteiger partial charge in [-0.15, -0.1) is 0 Å². The second-order valence-corrected chi connectivity index (χ2v) is 8.65. The quantitative estimate of drug-likeness (QED) is 0.302. The van der Waals surface area contributed by atoms with Crippen LogP contribution in [0.25, 0.3) is 22.1 Å². The molecule has 36 heavy (non-hydrogen) atoms. The third-order valence-corrected chi connectivity index (χ3v) is 6.12. The maximum absolute atomic E-state index is 13.6. The van der Waals surface area contributed by atoms with Crippen LogP contribution in [0.1, 0.15) is 35.0 Å². The standard InChI is InChI=1S/C29H25FO6/c1-3-4-19-13-22-26(15-25(19)35-16-23(31)18-5-8-21(30)9-6-18)36-17(2)28(29(22)32)20-7-10-24-27(14-20)34-12-11-33-24/h5-10,13-15H,3-4,11-12,16H2,1-2H3. The zero-order valence-corrected chi connectivity index (χ0v) is 20.1. The number of benzene rings is 3. The summed E-state index contributed by atoms with van der Waals surface area (Å²) in [6.45, 7) is 4.49. The molecular formula is C29H25FO6. The maximum atomic E-state index is 13.6. The Labute approximate surface area is 207 Å². The highest BCUT2D eigenvalue weighted by atomic mass is 19.1. The van der Waals surface area contributed by atoms with Crippen molar-refractivity contribution in [2.24, 2.45) is 0 Å². The first-order valence-corrected chi connectivity index (χ1v) is 11.9. The summed E-state index contributed by atoms with van der Waals surface area (Å²) in [5, 5.41) is 0.436. The van der Waals surface area contributed by atoms with E-state index in [-0.39, 0.29) is 17.8 Å². The van der Waals surface area contributed by atoms with Crippen LogP contribution < -0.4 is 19.6 Å². The average Bonchev–Trinajstić information content (AvgIpc) is 2.88. The van der Waals surface area contributed by atoms with E-state index in [1.165, 1.54) is 24.3 Å². The molecule has 3 aromatic carbocycles. The van der Waals surface area contributed by atoms with Gasteiger partial charge in [0.05, 0.1) is 10.9 Å². The van der Waals surface area contributed by atoms with Crippen molar-refractivity contribution in [2.45, 2.75) is 26.7 Å². The van der Waals surface area contributed by atoms with Gasteiger partial charge in [-0.3, -0.25) is 9.59 Å². The van der Waals surface area contributed by atoms with Crippen LogP contribution in [0.3, 0.4) is 0 Å². The summed E-state index contributed by atoms with van der Waals surface area (Å²) in [5.41, 5.74) is 2.54. The van der Waals surface area contributed by atoms with E-state index < -0.39 is 5.82 Å². The summed E-state index contributed by atoms with van der Waals surface area (Å²) < 4.78 is 36.4. The summed E-state index contributed by atoms with van der Waals surface area (Å²) >= 11 is 0. The molecule has 0 spiro atoms. The fourth-order valence-corrected chi connectivity index (χ4v) is 4.37. The van der Waals surface area contributed by atoms with Crippen molar-refractivity contribution in [1.82, 2.24) is 0 Å². The van der Waals surface area contributed by atoms with Gasteiger partial charge in [-0.05, 0) is 66.9 Å². The Balaban J connectivity index is 1.51. The topological polar surface area (TPSA) is 75.0 Å². The average molecular weight is 489 g/mol. The third-order valence-electron chi connectivity index (χ3n) is 6.12. The summed E-state index contributed by atoms with van der Waals surface area (Å²) in [6, 6.07) is 14.2. The number of Topliss-reactive ketones (excluding diaryl/α,β-unsaturated/α-hetero) is 1. The van der Waals surface area contributed by atoms with Crippen LogP contribution >= 0.6 is 0 Å². The molecule has 0 radical (unpaired) electrons. The second kappa shape index (κ2) is 9.85. The lowest BCUT2D eigenvalue weighted by Gasteiger charge is -2.19. The first-order valence-electron chi connectivity index (χ1n) is 11.9. The normalized spacial score (nSPS) is 12.5. The fourth-order valence-electron chi connectivity index (χ4n) is 4.37. The van der Waals surface area contributed by atoms with Crippen molar-refractivity contribution in [1.29, 1.82) is 0 Å². The Morgan fingerprint density at radius 1 is 1.00 bits per heavy atom. The Kier molecular flexibility index (Phi) is 6.46. The SMILES string of the molecule is CCCc1cc2c(=O)c(-c3ccc4c(c3)OCCO4)c(C)oc2cc1OCC(=O)c1ccc(F)cc1. The van der Waals surface area contributed by atoms with Gasteiger partial charge in [0.2, 0.25) is 5.43 Å². The molecule has 0 bridgehead atoms. The van der Waals surface area contributed by atoms with Crippen LogP contribution in [-0.2, 0) is 6.42 Å². The van der Waals surface area contributed by atoms with Crippen LogP contribution in [0.2, 0.25) is 0 Å². The van der Waals surface area contributed by atoms with E-state index in [1.54, 1.807) is 31.2 Å². The first kappa shape index (κ1) is 23.6. The van der Waals surface area contributed by atoms with Gasteiger partial charge in [0, 0.05) is 11.6 Å². The molecule has 0 fully saturated rings. The van der Waals surface area contributed by atoms with E-state index in [0.29, 0.717) is 70.3 Å². The number of ether oxygens (including phenoxy) is 3. The van der Waals surface area contributed by atoms with Crippen LogP contribution in [0, 0.1) is 12.7 Å². The Hall–Kier alpha value is -4.13. The van der Waals surface area contributed by atoms with Gasteiger partial charge in [-0.25, -0.2) is 4.39 Å². The second-order valence-electron chi connectivity index (χ2n) is 8.65. The molecule has 0 amide bonds. The summed E-state index contributed by atoms with van der Waals surface area (Å²) in [6.07, 6.45) is 1.47. The highest BCUT2D eigenvalue weighted by Gasteiger charge is 2.20. The number of ketones is 1. The van der Waals surface area contributed by atoms with Crippen molar-refractivity contribution in [3.63, 3.8) is 0 Å². The van der Waals surface area contributed by atoms with Gasteiger partial charge in [0.25, 0.3) is 0 Å². The number of rotatable bonds is 7. The number of fused-ring (bicyclic) bond motifs is 2. The molecule has 6 nitrogen and oxygen atoms in total. The summed E-state index contributed by atoms with van der Waals surface area (Å²) in [5.74, 6) is 1.50. The Bertz CT molecular complexity index is 1500. The highest BCUT2D eigenvalue weighted by molar-refractivity contribution is 5.97. The van der Waals surface area contributed by atoms with Crippen molar-refractivity contribution in [2.75, 3.05) is 19.8 Å². The van der Waals surface area contributed by atoms with Crippen LogP contribution in [-0.4, -0.2) is 25.6 Å². The van der Waals surface area contributed by atoms with Crippen molar-refractivity contribution < 1.29 is 27.8 Å². The predicted octanol–water partition coefficient (Wildman–Crippen LogP) is 5.89. The smallest absolute Gasteiger partial charge is 0.200 e.